The molecule has 0 amide bonds. The first-order valence-electron chi connectivity index (χ1n) is 18.4. The summed E-state index contributed by atoms with van der Waals surface area (Å²) in [5.74, 6) is 1.77. The maximum absolute atomic E-state index is 6.82. The maximum Gasteiger partial charge on any atom is 0.132 e. The molecule has 0 aliphatic carbocycles. The highest BCUT2D eigenvalue weighted by Gasteiger charge is 2.49. The van der Waals surface area contributed by atoms with Gasteiger partial charge in [-0.2, -0.15) is 0 Å². The number of rotatable bonds is 4. The Morgan fingerprint density at radius 3 is 1.72 bits per heavy atom. The summed E-state index contributed by atoms with van der Waals surface area (Å²) in [7, 11) is 0. The molecule has 2 aliphatic rings. The number of hydrogen-bond acceptors (Lipinski definition) is 3. The summed E-state index contributed by atoms with van der Waals surface area (Å²) in [6.45, 7) is 0. The SMILES string of the molecule is c1ccc(-c2ccc(N(c3ccc4c(c3)C3(c5ccccc5O4)c4ccccc4Sc4ccccc43)c3ccc4c(ccc5ccccc54)c3)cc2)cc1. The van der Waals surface area contributed by atoms with Gasteiger partial charge in [-0.25, -0.2) is 0 Å². The van der Waals surface area contributed by atoms with Crippen LogP contribution >= 0.6 is 11.8 Å². The molecule has 0 radical (unpaired) electrons. The predicted octanol–water partition coefficient (Wildman–Crippen LogP) is 14.1. The normalized spacial score (nSPS) is 13.4. The van der Waals surface area contributed by atoms with E-state index in [4.69, 9.17) is 4.74 Å². The van der Waals surface area contributed by atoms with Gasteiger partial charge in [0.2, 0.25) is 0 Å². The van der Waals surface area contributed by atoms with Crippen LogP contribution in [0.2, 0.25) is 0 Å². The molecule has 0 fully saturated rings. The number of hydrogen-bond donors (Lipinski definition) is 0. The zero-order chi connectivity index (χ0) is 35.6. The number of anilines is 3. The summed E-state index contributed by atoms with van der Waals surface area (Å²) in [5, 5.41) is 4.96. The highest BCUT2D eigenvalue weighted by molar-refractivity contribution is 7.99. The van der Waals surface area contributed by atoms with Crippen LogP contribution < -0.4 is 9.64 Å². The lowest BCUT2D eigenvalue weighted by molar-refractivity contribution is 0.431. The van der Waals surface area contributed by atoms with Gasteiger partial charge in [0, 0.05) is 38.0 Å². The van der Waals surface area contributed by atoms with Crippen LogP contribution in [0.4, 0.5) is 17.1 Å². The molecule has 0 saturated carbocycles. The van der Waals surface area contributed by atoms with Crippen LogP contribution in [0.15, 0.2) is 210 Å². The van der Waals surface area contributed by atoms with Crippen LogP contribution in [-0.2, 0) is 5.41 Å². The first kappa shape index (κ1) is 31.0. The Morgan fingerprint density at radius 1 is 0.370 bits per heavy atom. The van der Waals surface area contributed by atoms with Gasteiger partial charge in [0.25, 0.3) is 0 Å². The third-order valence-electron chi connectivity index (χ3n) is 11.2. The molecule has 9 aromatic carbocycles. The van der Waals surface area contributed by atoms with E-state index in [2.05, 4.69) is 205 Å². The monoisotopic (exact) mass is 707 g/mol. The zero-order valence-corrected chi connectivity index (χ0v) is 30.1. The standard InChI is InChI=1S/C51H33NOS/c1-2-12-34(13-3-1)35-24-26-38(27-25-35)52(39-28-30-42-37(32-39)23-22-36-14-4-5-15-41(36)42)40-29-31-48-46(33-40)51(43-16-6-9-19-47(43)53-48)44-17-7-10-20-49(44)54-50-21-11-8-18-45(50)51/h1-33H. The second kappa shape index (κ2) is 12.3. The van der Waals surface area contributed by atoms with E-state index in [1.807, 2.05) is 11.8 Å². The molecule has 1 spiro atoms. The molecule has 9 aromatic rings. The largest absolute Gasteiger partial charge is 0.457 e. The Labute approximate surface area is 318 Å². The minimum absolute atomic E-state index is 0.580. The van der Waals surface area contributed by atoms with E-state index in [9.17, 15) is 0 Å². The van der Waals surface area contributed by atoms with E-state index in [-0.39, 0.29) is 0 Å². The van der Waals surface area contributed by atoms with Crippen molar-refractivity contribution >= 4 is 50.4 Å². The van der Waals surface area contributed by atoms with E-state index in [1.54, 1.807) is 0 Å². The molecule has 2 aliphatic heterocycles. The van der Waals surface area contributed by atoms with Crippen molar-refractivity contribution in [2.24, 2.45) is 0 Å². The second-order valence-corrected chi connectivity index (χ2v) is 15.1. The van der Waals surface area contributed by atoms with Gasteiger partial charge >= 0.3 is 0 Å². The Hall–Kier alpha value is -6.55. The number of para-hydroxylation sites is 1. The van der Waals surface area contributed by atoms with Gasteiger partial charge in [0.1, 0.15) is 11.5 Å². The fourth-order valence-electron chi connectivity index (χ4n) is 8.76. The van der Waals surface area contributed by atoms with E-state index in [0.29, 0.717) is 0 Å². The molecule has 0 aromatic heterocycles. The minimum Gasteiger partial charge on any atom is -0.457 e. The first-order chi connectivity index (χ1) is 26.8. The van der Waals surface area contributed by atoms with Crippen molar-refractivity contribution in [1.29, 1.82) is 0 Å². The lowest BCUT2D eigenvalue weighted by atomic mass is 9.63. The van der Waals surface area contributed by atoms with Crippen molar-refractivity contribution < 1.29 is 4.74 Å². The topological polar surface area (TPSA) is 12.5 Å². The number of nitrogens with zero attached hydrogens (tertiary/aromatic N) is 1. The lowest BCUT2D eigenvalue weighted by Gasteiger charge is -2.45. The highest BCUT2D eigenvalue weighted by Crippen LogP contribution is 2.62. The summed E-state index contributed by atoms with van der Waals surface area (Å²) in [4.78, 5) is 4.92. The molecule has 0 atom stereocenters. The molecule has 254 valence electrons. The Bertz CT molecular complexity index is 2790. The third kappa shape index (κ3) is 4.68. The van der Waals surface area contributed by atoms with Crippen molar-refractivity contribution in [1.82, 2.24) is 0 Å². The van der Waals surface area contributed by atoms with E-state index in [1.165, 1.54) is 53.6 Å². The quantitative estimate of drug-likeness (QED) is 0.169. The molecular weight excluding hydrogens is 675 g/mol. The molecule has 3 heteroatoms. The summed E-state index contributed by atoms with van der Waals surface area (Å²) >= 11 is 1.85. The molecule has 0 bridgehead atoms. The first-order valence-corrected chi connectivity index (χ1v) is 19.2. The van der Waals surface area contributed by atoms with Crippen LogP contribution in [0.25, 0.3) is 32.7 Å². The number of ether oxygens (including phenoxy) is 1. The second-order valence-electron chi connectivity index (χ2n) is 14.1. The Kier molecular flexibility index (Phi) is 7.05. The van der Waals surface area contributed by atoms with Crippen molar-refractivity contribution in [3.63, 3.8) is 0 Å². The van der Waals surface area contributed by atoms with E-state index in [0.717, 1.165) is 39.7 Å². The van der Waals surface area contributed by atoms with Gasteiger partial charge in [-0.1, -0.05) is 151 Å². The maximum atomic E-state index is 6.82. The van der Waals surface area contributed by atoms with Gasteiger partial charge in [-0.15, -0.1) is 0 Å². The average molecular weight is 708 g/mol. The lowest BCUT2D eigenvalue weighted by Crippen LogP contribution is -2.36. The Balaban J connectivity index is 1.16. The molecule has 2 heterocycles. The van der Waals surface area contributed by atoms with Gasteiger partial charge in [0.05, 0.1) is 5.41 Å². The molecule has 2 nitrogen and oxygen atoms in total. The molecule has 11 rings (SSSR count). The van der Waals surface area contributed by atoms with Gasteiger partial charge in [-0.05, 0) is 104 Å². The minimum atomic E-state index is -0.580. The van der Waals surface area contributed by atoms with Crippen LogP contribution in [0.1, 0.15) is 22.3 Å². The smallest absolute Gasteiger partial charge is 0.132 e. The summed E-state index contributed by atoms with van der Waals surface area (Å²) in [5.41, 5.74) is 9.90. The average Bonchev–Trinajstić information content (AvgIpc) is 3.24. The van der Waals surface area contributed by atoms with Crippen LogP contribution in [-0.4, -0.2) is 0 Å². The van der Waals surface area contributed by atoms with Crippen molar-refractivity contribution in [3.8, 4) is 22.6 Å². The van der Waals surface area contributed by atoms with Crippen LogP contribution in [0.5, 0.6) is 11.5 Å². The predicted molar refractivity (Wildman–Crippen MR) is 224 cm³/mol. The number of benzene rings is 9. The van der Waals surface area contributed by atoms with E-state index >= 15 is 0 Å². The van der Waals surface area contributed by atoms with Gasteiger partial charge in [-0.3, -0.25) is 0 Å². The molecular formula is C51H33NOS. The summed E-state index contributed by atoms with van der Waals surface area (Å²) in [6, 6.07) is 72.7. The fourth-order valence-corrected chi connectivity index (χ4v) is 9.96. The summed E-state index contributed by atoms with van der Waals surface area (Å²) in [6.07, 6.45) is 0. The van der Waals surface area contributed by atoms with E-state index < -0.39 is 5.41 Å². The zero-order valence-electron chi connectivity index (χ0n) is 29.3. The molecule has 0 saturated heterocycles. The van der Waals surface area contributed by atoms with Crippen LogP contribution in [0, 0.1) is 0 Å². The summed E-state index contributed by atoms with van der Waals surface area (Å²) < 4.78 is 6.82. The molecule has 54 heavy (non-hydrogen) atoms. The molecule has 0 N–H and O–H groups in total. The highest BCUT2D eigenvalue weighted by atomic mass is 32.2. The van der Waals surface area contributed by atoms with Gasteiger partial charge in [0.15, 0.2) is 0 Å². The molecule has 0 unspecified atom stereocenters. The fraction of sp³-hybridized carbons (Fsp3) is 0.0196. The van der Waals surface area contributed by atoms with Gasteiger partial charge < -0.3 is 9.64 Å². The Morgan fingerprint density at radius 2 is 0.926 bits per heavy atom. The van der Waals surface area contributed by atoms with Crippen molar-refractivity contribution in [2.75, 3.05) is 4.90 Å². The van der Waals surface area contributed by atoms with Crippen molar-refractivity contribution in [3.05, 3.63) is 222 Å². The third-order valence-corrected chi connectivity index (χ3v) is 12.3. The van der Waals surface area contributed by atoms with Crippen LogP contribution in [0.3, 0.4) is 0 Å². The van der Waals surface area contributed by atoms with Crippen molar-refractivity contribution in [2.45, 2.75) is 15.2 Å². The number of fused-ring (bicyclic) bond motifs is 11.